The average Bonchev–Trinajstić information content (AvgIpc) is 2.45. The van der Waals surface area contributed by atoms with Crippen LogP contribution in [-0.4, -0.2) is 5.94 Å². The number of benzene rings is 1. The molecule has 0 aliphatic rings. The Labute approximate surface area is 136 Å². The topological polar surface area (TPSA) is 43.1 Å². The fraction of sp³-hybridized carbons (Fsp3) is 0.300. The average molecular weight is 301 g/mol. The van der Waals surface area contributed by atoms with Crippen LogP contribution in [0.3, 0.4) is 0 Å². The van der Waals surface area contributed by atoms with Gasteiger partial charge in [-0.25, -0.2) is 4.79 Å². The maximum Gasteiger partial charge on any atom is 0.116 e. The predicted octanol–water partition coefficient (Wildman–Crippen LogP) is 5.31. The van der Waals surface area contributed by atoms with Crippen LogP contribution in [-0.2, 0) is 4.79 Å². The van der Waals surface area contributed by atoms with E-state index in [1.807, 2.05) is 33.8 Å². The second kappa shape index (κ2) is 16.7. The minimum absolute atomic E-state index is 0.711. The van der Waals surface area contributed by atoms with E-state index in [1.165, 1.54) is 17.1 Å². The van der Waals surface area contributed by atoms with Crippen molar-refractivity contribution in [3.63, 3.8) is 0 Å². The zero-order chi connectivity index (χ0) is 18.1. The molecule has 1 rings (SSSR count). The van der Waals surface area contributed by atoms with Crippen molar-refractivity contribution in [1.29, 1.82) is 0 Å². The first-order valence-electron chi connectivity index (χ1n) is 7.21. The quantitative estimate of drug-likeness (QED) is 0.594. The Bertz CT molecular complexity index is 483. The molecule has 0 atom stereocenters. The van der Waals surface area contributed by atoms with Crippen molar-refractivity contribution in [3.8, 4) is 0 Å². The Morgan fingerprint density at radius 1 is 1.09 bits per heavy atom. The highest BCUT2D eigenvalue weighted by Gasteiger charge is 1.87. The van der Waals surface area contributed by atoms with Crippen molar-refractivity contribution in [1.82, 2.24) is 0 Å². The van der Waals surface area contributed by atoms with Gasteiger partial charge >= 0.3 is 0 Å². The van der Waals surface area contributed by atoms with Crippen LogP contribution in [0, 0.1) is 13.8 Å². The number of nitrogens with two attached hydrogens (primary N) is 1. The number of hydrogen-bond donors (Lipinski definition) is 1. The third-order valence-electron chi connectivity index (χ3n) is 2.32. The highest BCUT2D eigenvalue weighted by molar-refractivity contribution is 5.38. The molecule has 0 saturated carbocycles. The van der Waals surface area contributed by atoms with Crippen molar-refractivity contribution in [2.75, 3.05) is 0 Å². The number of allylic oxidation sites excluding steroid dienone is 3. The number of carbonyl (C=O) groups excluding carboxylic acids is 1. The second-order valence-electron chi connectivity index (χ2n) is 4.45. The molecule has 1 aromatic carbocycles. The van der Waals surface area contributed by atoms with Gasteiger partial charge in [0, 0.05) is 5.70 Å². The summed E-state index contributed by atoms with van der Waals surface area (Å²) in [6.07, 6.45) is 1.81. The number of aryl methyl sites for hydroxylation is 2. The van der Waals surface area contributed by atoms with E-state index >= 15 is 0 Å². The Balaban J connectivity index is -0.000000255. The minimum atomic E-state index is 0.711. The molecular weight excluding hydrogens is 270 g/mol. The normalized spacial score (nSPS) is 8.55. The summed E-state index contributed by atoms with van der Waals surface area (Å²) in [7, 11) is 0. The first-order valence-corrected chi connectivity index (χ1v) is 7.21. The fourth-order valence-corrected chi connectivity index (χ4v) is 1.05. The highest BCUT2D eigenvalue weighted by Crippen LogP contribution is 2.02. The molecule has 0 aromatic heterocycles. The highest BCUT2D eigenvalue weighted by atomic mass is 16.1. The van der Waals surface area contributed by atoms with Crippen LogP contribution in [0.5, 0.6) is 0 Å². The summed E-state index contributed by atoms with van der Waals surface area (Å²) in [4.78, 5) is 8.57. The van der Waals surface area contributed by atoms with Gasteiger partial charge in [-0.2, -0.15) is 0 Å². The molecule has 0 spiro atoms. The van der Waals surface area contributed by atoms with Gasteiger partial charge in [-0.15, -0.1) is 0 Å². The molecule has 0 amide bonds. The van der Waals surface area contributed by atoms with E-state index in [0.29, 0.717) is 5.70 Å². The molecule has 2 N–H and O–H groups in total. The van der Waals surface area contributed by atoms with Gasteiger partial charge < -0.3 is 5.73 Å². The molecule has 2 nitrogen and oxygen atoms in total. The van der Waals surface area contributed by atoms with Gasteiger partial charge in [0.2, 0.25) is 0 Å². The molecule has 0 aliphatic carbocycles. The molecule has 0 bridgehead atoms. The smallest absolute Gasteiger partial charge is 0.116 e. The number of hydrogen-bond acceptors (Lipinski definition) is 2. The molecule has 0 radical (unpaired) electrons. The molecule has 2 heteroatoms. The minimum Gasteiger partial charge on any atom is -0.399 e. The summed E-state index contributed by atoms with van der Waals surface area (Å²) in [5, 5.41) is 0. The summed E-state index contributed by atoms with van der Waals surface area (Å²) in [6.45, 7) is 22.0. The van der Waals surface area contributed by atoms with Gasteiger partial charge in [0.05, 0.1) is 0 Å². The van der Waals surface area contributed by atoms with Gasteiger partial charge in [-0.3, -0.25) is 0 Å². The van der Waals surface area contributed by atoms with E-state index in [2.05, 4.69) is 57.8 Å². The van der Waals surface area contributed by atoms with Crippen molar-refractivity contribution in [2.24, 2.45) is 5.73 Å². The van der Waals surface area contributed by atoms with Gasteiger partial charge in [-0.05, 0) is 57.0 Å². The Morgan fingerprint density at radius 3 is 1.55 bits per heavy atom. The summed E-state index contributed by atoms with van der Waals surface area (Å²) >= 11 is 0. The van der Waals surface area contributed by atoms with Crippen LogP contribution in [0.15, 0.2) is 66.9 Å². The Morgan fingerprint density at radius 2 is 1.41 bits per heavy atom. The maximum absolute atomic E-state index is 8.57. The van der Waals surface area contributed by atoms with Crippen LogP contribution in [0.2, 0.25) is 0 Å². The fourth-order valence-electron chi connectivity index (χ4n) is 1.05. The molecule has 122 valence electrons. The summed E-state index contributed by atoms with van der Waals surface area (Å²) in [6, 6.07) is 8.36. The third kappa shape index (κ3) is 17.7. The van der Waals surface area contributed by atoms with Crippen LogP contribution in [0.25, 0.3) is 0 Å². The molecule has 0 unspecified atom stereocenters. The lowest BCUT2D eigenvalue weighted by Crippen LogP contribution is -1.96. The van der Waals surface area contributed by atoms with E-state index in [1.54, 1.807) is 0 Å². The monoisotopic (exact) mass is 301 g/mol. The van der Waals surface area contributed by atoms with E-state index in [9.17, 15) is 0 Å². The van der Waals surface area contributed by atoms with E-state index in [-0.39, 0.29) is 0 Å². The van der Waals surface area contributed by atoms with Crippen LogP contribution in [0.1, 0.15) is 38.8 Å². The zero-order valence-electron chi connectivity index (χ0n) is 15.0. The van der Waals surface area contributed by atoms with Gasteiger partial charge in [0.1, 0.15) is 5.94 Å². The molecule has 0 aliphatic heterocycles. The van der Waals surface area contributed by atoms with Crippen LogP contribution < -0.4 is 5.73 Å². The van der Waals surface area contributed by atoms with Crippen LogP contribution in [0.4, 0.5) is 0 Å². The van der Waals surface area contributed by atoms with E-state index < -0.39 is 0 Å². The Kier molecular flexibility index (Phi) is 18.8. The molecule has 22 heavy (non-hydrogen) atoms. The predicted molar refractivity (Wildman–Crippen MR) is 100 cm³/mol. The third-order valence-corrected chi connectivity index (χ3v) is 2.32. The lowest BCUT2D eigenvalue weighted by Gasteiger charge is -1.96. The number of rotatable bonds is 2. The summed E-state index contributed by atoms with van der Waals surface area (Å²) < 4.78 is 0. The molecule has 0 fully saturated rings. The first kappa shape index (κ1) is 24.7. The van der Waals surface area contributed by atoms with Gasteiger partial charge in [0.25, 0.3) is 0 Å². The van der Waals surface area contributed by atoms with Crippen molar-refractivity contribution >= 4 is 5.94 Å². The maximum atomic E-state index is 8.57. The molecule has 1 aromatic rings. The lowest BCUT2D eigenvalue weighted by atomic mass is 10.1. The van der Waals surface area contributed by atoms with Crippen molar-refractivity contribution in [3.05, 3.63) is 78.0 Å². The van der Waals surface area contributed by atoms with Crippen molar-refractivity contribution < 1.29 is 4.79 Å². The zero-order valence-corrected chi connectivity index (χ0v) is 15.0. The summed E-state index contributed by atoms with van der Waals surface area (Å²) in [5.74, 6) is 1.25. The second-order valence-corrected chi connectivity index (χ2v) is 4.45. The lowest BCUT2D eigenvalue weighted by molar-refractivity contribution is 0.569. The van der Waals surface area contributed by atoms with Crippen LogP contribution >= 0.6 is 0 Å². The van der Waals surface area contributed by atoms with Gasteiger partial charge in [-0.1, -0.05) is 56.8 Å². The molecular formula is C20H31NO. The van der Waals surface area contributed by atoms with Crippen molar-refractivity contribution in [2.45, 2.75) is 41.5 Å². The van der Waals surface area contributed by atoms with E-state index in [4.69, 9.17) is 10.5 Å². The standard InChI is InChI=1S/C8H13N.C8H10.C2H2O.C2H6/c1-6(2)5-8(9)7(3)4;1-7-5-3-4-6-8(7)2;1-2-3;1-2/h5H,1,3,9H2,2,4H3;3-6H,1-2H3;1H2;1-2H3/b8-5+;;;. The largest absolute Gasteiger partial charge is 0.399 e. The molecule has 0 heterocycles. The Hall–Kier alpha value is -2.31. The van der Waals surface area contributed by atoms with E-state index in [0.717, 1.165) is 11.1 Å². The SMILES string of the molecule is C=C(C)/C=C(/N)C(=C)C.C=C=O.CC.Cc1ccccc1C. The van der Waals surface area contributed by atoms with Gasteiger partial charge in [0.15, 0.2) is 0 Å². The summed E-state index contributed by atoms with van der Waals surface area (Å²) in [5.41, 5.74) is 10.8. The molecule has 0 saturated heterocycles. The first-order chi connectivity index (χ1) is 10.3.